The Morgan fingerprint density at radius 3 is 2.58 bits per heavy atom. The van der Waals surface area contributed by atoms with Crippen molar-refractivity contribution in [3.8, 4) is 0 Å². The summed E-state index contributed by atoms with van der Waals surface area (Å²) in [5, 5.41) is 35.8. The van der Waals surface area contributed by atoms with E-state index < -0.39 is 48.1 Å². The van der Waals surface area contributed by atoms with Crippen LogP contribution in [0.2, 0.25) is 0 Å². The predicted octanol–water partition coefficient (Wildman–Crippen LogP) is 1.79. The Morgan fingerprint density at radius 1 is 1.27 bits per heavy atom. The summed E-state index contributed by atoms with van der Waals surface area (Å²) in [4.78, 5) is 39.5. The summed E-state index contributed by atoms with van der Waals surface area (Å²) >= 11 is 2.42. The number of amides is 2. The number of nitrogens with zero attached hydrogens (tertiary/aromatic N) is 4. The molecule has 1 saturated heterocycles. The number of carbonyl (C=O) groups excluding carboxylic acids is 2. The van der Waals surface area contributed by atoms with Crippen LogP contribution in [0.1, 0.15) is 31.9 Å². The van der Waals surface area contributed by atoms with Crippen LogP contribution in [0.3, 0.4) is 0 Å². The zero-order chi connectivity index (χ0) is 28.9. The molecule has 2 aliphatic rings. The van der Waals surface area contributed by atoms with Crippen LogP contribution in [0.4, 0.5) is 0 Å². The quantitative estimate of drug-likeness (QED) is 0.137. The van der Waals surface area contributed by atoms with Crippen molar-refractivity contribution >= 4 is 48.9 Å². The van der Waals surface area contributed by atoms with E-state index in [1.54, 1.807) is 44.2 Å². The third-order valence-corrected chi connectivity index (χ3v) is 10.8. The van der Waals surface area contributed by atoms with Crippen LogP contribution in [0.5, 0.6) is 0 Å². The van der Waals surface area contributed by atoms with Gasteiger partial charge in [-0.1, -0.05) is 42.1 Å². The average Bonchev–Trinajstić information content (AvgIpc) is 3.46. The molecule has 0 spiro atoms. The van der Waals surface area contributed by atoms with Crippen molar-refractivity contribution in [2.24, 2.45) is 0 Å². The van der Waals surface area contributed by atoms with E-state index in [4.69, 9.17) is 9.05 Å². The van der Waals surface area contributed by atoms with Gasteiger partial charge in [0.2, 0.25) is 5.16 Å². The minimum absolute atomic E-state index is 0.00239. The first-order valence-electron chi connectivity index (χ1n) is 12.4. The lowest BCUT2D eigenvalue weighted by Gasteiger charge is -2.50. The number of aromatic nitrogens is 4. The lowest BCUT2D eigenvalue weighted by molar-refractivity contribution is -0.151. The number of hydrogen-bond donors (Lipinski definition) is 4. The molecule has 1 aromatic carbocycles. The molecule has 4 N–H and O–H groups in total. The van der Waals surface area contributed by atoms with Crippen LogP contribution in [-0.2, 0) is 28.0 Å². The Balaban J connectivity index is 1.56. The van der Waals surface area contributed by atoms with E-state index in [1.165, 1.54) is 11.8 Å². The lowest BCUT2D eigenvalue weighted by Crippen LogP contribution is -2.71. The van der Waals surface area contributed by atoms with E-state index in [-0.39, 0.29) is 37.2 Å². The fourth-order valence-corrected chi connectivity index (χ4v) is 8.80. The van der Waals surface area contributed by atoms with Crippen LogP contribution < -0.4 is 5.32 Å². The number of fused-ring (bicyclic) bond motifs is 1. The van der Waals surface area contributed by atoms with Crippen LogP contribution >= 0.6 is 31.1 Å². The van der Waals surface area contributed by atoms with Crippen molar-refractivity contribution in [3.63, 3.8) is 0 Å². The first-order chi connectivity index (χ1) is 19.2. The monoisotopic (exact) mass is 612 g/mol. The maximum Gasteiger partial charge on any atom is 0.352 e. The molecule has 3 heterocycles. The maximum absolute atomic E-state index is 13.2. The Hall–Kier alpha value is -2.75. The van der Waals surface area contributed by atoms with E-state index in [0.717, 1.165) is 16.7 Å². The number of β-lactam (4-membered cyclic amide) rings is 1. The average molecular weight is 613 g/mol. The number of benzene rings is 1. The van der Waals surface area contributed by atoms with Gasteiger partial charge in [0, 0.05) is 11.0 Å². The van der Waals surface area contributed by atoms with Gasteiger partial charge in [-0.25, -0.2) is 9.89 Å². The Morgan fingerprint density at radius 2 is 1.98 bits per heavy atom. The molecule has 2 unspecified atom stereocenters. The van der Waals surface area contributed by atoms with Crippen molar-refractivity contribution in [1.82, 2.24) is 30.8 Å². The summed E-state index contributed by atoms with van der Waals surface area (Å²) in [7, 11) is -3.45. The molecule has 4 rings (SSSR count). The summed E-state index contributed by atoms with van der Waals surface area (Å²) < 4.78 is 23.9. The van der Waals surface area contributed by atoms with Crippen molar-refractivity contribution in [3.05, 3.63) is 47.2 Å². The zero-order valence-corrected chi connectivity index (χ0v) is 24.2. The summed E-state index contributed by atoms with van der Waals surface area (Å²) in [5.41, 5.74) is 0.569. The molecule has 216 valence electrons. The van der Waals surface area contributed by atoms with E-state index in [0.29, 0.717) is 16.3 Å². The molecule has 1 fully saturated rings. The Kier molecular flexibility index (Phi) is 10.0. The topological polar surface area (TPSA) is 197 Å². The highest BCUT2D eigenvalue weighted by atomic mass is 32.2. The number of H-pyrrole nitrogens is 1. The van der Waals surface area contributed by atoms with Gasteiger partial charge >= 0.3 is 13.6 Å². The van der Waals surface area contributed by atoms with Gasteiger partial charge in [0.1, 0.15) is 17.1 Å². The normalized spacial score (nSPS) is 20.5. The number of aromatic amines is 1. The number of carboxylic acids is 1. The molecule has 2 aromatic rings. The number of carboxylic acid groups (broad SMARTS) is 1. The van der Waals surface area contributed by atoms with E-state index >= 15 is 0 Å². The Bertz CT molecular complexity index is 1290. The van der Waals surface area contributed by atoms with Gasteiger partial charge in [0.15, 0.2) is 6.10 Å². The van der Waals surface area contributed by atoms with Crippen LogP contribution in [-0.4, -0.2) is 95.3 Å². The van der Waals surface area contributed by atoms with Crippen LogP contribution in [0.15, 0.2) is 46.8 Å². The molecule has 40 heavy (non-hydrogen) atoms. The standard InChI is InChI=1S/C23H29N6O8PS2/c1-3-36-38(35,37-4-2)11-10-15(40-23-25-27-28-26-23)14-12-39-21-16(20(32)29(21)17(14)22(33)34)24-19(31)18(30)13-8-6-5-7-9-13/h5-9,15-16,18,21,30H,3-4,10-12H2,1-2H3,(H,24,31)(H,33,34)(H,25,26,27,28)/t15?,16-,18?,21+/m1/s1. The number of thioether (sulfide) groups is 2. The third-order valence-electron chi connectivity index (χ3n) is 6.15. The van der Waals surface area contributed by atoms with Gasteiger partial charge in [-0.2, -0.15) is 0 Å². The highest BCUT2D eigenvalue weighted by Gasteiger charge is 2.55. The summed E-state index contributed by atoms with van der Waals surface area (Å²) in [5.74, 6) is -2.48. The summed E-state index contributed by atoms with van der Waals surface area (Å²) in [6, 6.07) is 7.26. The molecule has 0 bridgehead atoms. The van der Waals surface area contributed by atoms with E-state index in [2.05, 4.69) is 25.9 Å². The SMILES string of the molecule is CCOP(=O)(CCC(Sc1nnn[nH]1)C1=C(C(=O)O)N2C(=O)[C@@H](NC(=O)C(O)c3ccccc3)[C@@H]2SC1)OCC. The fourth-order valence-electron chi connectivity index (χ4n) is 4.38. The van der Waals surface area contributed by atoms with Crippen molar-refractivity contribution in [2.75, 3.05) is 25.1 Å². The number of aliphatic hydroxyl groups excluding tert-OH is 1. The van der Waals surface area contributed by atoms with Crippen molar-refractivity contribution in [1.29, 1.82) is 0 Å². The first kappa shape index (κ1) is 30.2. The van der Waals surface area contributed by atoms with E-state index in [1.807, 2.05) is 0 Å². The highest BCUT2D eigenvalue weighted by molar-refractivity contribution is 8.01. The van der Waals surface area contributed by atoms with Gasteiger partial charge in [-0.15, -0.1) is 16.9 Å². The molecule has 2 aliphatic heterocycles. The second-order valence-electron chi connectivity index (χ2n) is 8.66. The molecular formula is C23H29N6O8PS2. The van der Waals surface area contributed by atoms with Gasteiger partial charge < -0.3 is 24.6 Å². The zero-order valence-electron chi connectivity index (χ0n) is 21.6. The molecule has 0 aliphatic carbocycles. The number of hydrogen-bond acceptors (Lipinski definition) is 12. The molecule has 2 amide bonds. The van der Waals surface area contributed by atoms with Crippen LogP contribution in [0, 0.1) is 0 Å². The summed E-state index contributed by atoms with van der Waals surface area (Å²) in [6.45, 7) is 3.75. The minimum Gasteiger partial charge on any atom is -0.477 e. The van der Waals surface area contributed by atoms with Gasteiger partial charge in [-0.3, -0.25) is 19.1 Å². The number of aliphatic carboxylic acids is 1. The van der Waals surface area contributed by atoms with Crippen molar-refractivity contribution < 1.29 is 38.2 Å². The fraction of sp³-hybridized carbons (Fsp3) is 0.478. The van der Waals surface area contributed by atoms with Gasteiger partial charge in [-0.05, 0) is 41.8 Å². The highest BCUT2D eigenvalue weighted by Crippen LogP contribution is 2.51. The number of carbonyl (C=O) groups is 3. The predicted molar refractivity (Wildman–Crippen MR) is 145 cm³/mol. The summed E-state index contributed by atoms with van der Waals surface area (Å²) in [6.07, 6.45) is -1.29. The second kappa shape index (κ2) is 13.3. The second-order valence-corrected chi connectivity index (χ2v) is 13.1. The molecule has 17 heteroatoms. The number of rotatable bonds is 14. The minimum atomic E-state index is -3.45. The Labute approximate surface area is 238 Å². The first-order valence-corrected chi connectivity index (χ1v) is 16.1. The molecule has 4 atom stereocenters. The maximum atomic E-state index is 13.2. The smallest absolute Gasteiger partial charge is 0.352 e. The van der Waals surface area contributed by atoms with Gasteiger partial charge in [0.05, 0.1) is 19.4 Å². The molecule has 0 radical (unpaired) electrons. The van der Waals surface area contributed by atoms with E-state index in [9.17, 15) is 29.2 Å². The number of aliphatic hydroxyl groups is 1. The third kappa shape index (κ3) is 6.58. The van der Waals surface area contributed by atoms with Crippen molar-refractivity contribution in [2.45, 2.75) is 48.2 Å². The number of nitrogens with one attached hydrogen (secondary N) is 2. The van der Waals surface area contributed by atoms with Gasteiger partial charge in [0.25, 0.3) is 11.8 Å². The molecule has 0 saturated carbocycles. The molecular weight excluding hydrogens is 583 g/mol. The molecule has 14 nitrogen and oxygen atoms in total. The number of tetrazole rings is 1. The largest absolute Gasteiger partial charge is 0.477 e. The lowest BCUT2D eigenvalue weighted by atomic mass is 10.00. The van der Waals surface area contributed by atoms with Crippen LogP contribution in [0.25, 0.3) is 0 Å². The molecule has 1 aromatic heterocycles.